The molecule has 1 aromatic rings. The Morgan fingerprint density at radius 1 is 1.47 bits per heavy atom. The Labute approximate surface area is 112 Å². The van der Waals surface area contributed by atoms with Crippen LogP contribution in [0.15, 0.2) is 23.2 Å². The molecule has 1 N–H and O–H groups in total. The van der Waals surface area contributed by atoms with Crippen LogP contribution in [0, 0.1) is 0 Å². The largest absolute Gasteiger partial charge is 0.497 e. The van der Waals surface area contributed by atoms with Crippen molar-refractivity contribution in [3.63, 3.8) is 0 Å². The summed E-state index contributed by atoms with van der Waals surface area (Å²) in [5, 5.41) is 2.84. The Balaban J connectivity index is 1.85. The topological polar surface area (TPSA) is 50.7 Å². The lowest BCUT2D eigenvalue weighted by Crippen LogP contribution is -2.27. The van der Waals surface area contributed by atoms with Crippen LogP contribution in [0.25, 0.3) is 0 Å². The number of ether oxygens (including phenoxy) is 1. The number of benzene rings is 1. The molecule has 1 amide bonds. The molecular weight excluding hydrogens is 240 g/mol. The lowest BCUT2D eigenvalue weighted by atomic mass is 9.79. The van der Waals surface area contributed by atoms with E-state index in [0.717, 1.165) is 30.8 Å². The van der Waals surface area contributed by atoms with Crippen LogP contribution >= 0.6 is 0 Å². The third-order valence-corrected chi connectivity index (χ3v) is 3.98. The maximum atomic E-state index is 11.1. The number of aryl methyl sites for hydroxylation is 1. The Bertz CT molecular complexity index is 551. The van der Waals surface area contributed by atoms with Crippen molar-refractivity contribution in [2.75, 3.05) is 7.11 Å². The van der Waals surface area contributed by atoms with Gasteiger partial charge in [0.15, 0.2) is 0 Å². The Hall–Kier alpha value is -1.84. The molecule has 0 saturated heterocycles. The normalized spacial score (nSPS) is 24.2. The third-order valence-electron chi connectivity index (χ3n) is 3.98. The summed E-state index contributed by atoms with van der Waals surface area (Å²) in [7, 11) is 1.70. The number of carbonyl (C=O) groups is 1. The Kier molecular flexibility index (Phi) is 3.01. The molecule has 0 saturated carbocycles. The second kappa shape index (κ2) is 4.68. The summed E-state index contributed by atoms with van der Waals surface area (Å²) < 4.78 is 5.28. The molecule has 19 heavy (non-hydrogen) atoms. The minimum Gasteiger partial charge on any atom is -0.497 e. The van der Waals surface area contributed by atoms with E-state index in [9.17, 15) is 4.79 Å². The minimum atomic E-state index is -0.0349. The van der Waals surface area contributed by atoms with Crippen molar-refractivity contribution >= 4 is 11.7 Å². The van der Waals surface area contributed by atoms with Crippen LogP contribution in [0.2, 0.25) is 0 Å². The van der Waals surface area contributed by atoms with E-state index in [1.807, 2.05) is 6.07 Å². The fraction of sp³-hybridized carbons (Fsp3) is 0.467. The number of hydrogen-bond acceptors (Lipinski definition) is 3. The first-order chi connectivity index (χ1) is 9.17. The van der Waals surface area contributed by atoms with E-state index >= 15 is 0 Å². The molecule has 2 aliphatic rings. The van der Waals surface area contributed by atoms with Crippen LogP contribution in [0.1, 0.15) is 36.8 Å². The highest BCUT2D eigenvalue weighted by molar-refractivity contribution is 5.98. The molecule has 3 rings (SSSR count). The molecule has 1 aliphatic carbocycles. The first-order valence-electron chi connectivity index (χ1n) is 6.68. The van der Waals surface area contributed by atoms with Gasteiger partial charge in [-0.3, -0.25) is 9.79 Å². The van der Waals surface area contributed by atoms with E-state index in [2.05, 4.69) is 22.4 Å². The maximum Gasteiger partial charge on any atom is 0.222 e. The Morgan fingerprint density at radius 3 is 3.05 bits per heavy atom. The van der Waals surface area contributed by atoms with Gasteiger partial charge in [0.1, 0.15) is 11.6 Å². The van der Waals surface area contributed by atoms with Crippen LogP contribution in [0.4, 0.5) is 0 Å². The van der Waals surface area contributed by atoms with Gasteiger partial charge in [-0.1, -0.05) is 6.07 Å². The SMILES string of the molecule is COc1ccc2c(c1)CCC1N=C(NC(C)=O)CC21. The number of carbonyl (C=O) groups excluding carboxylic acids is 1. The Morgan fingerprint density at radius 2 is 2.32 bits per heavy atom. The average Bonchev–Trinajstić information content (AvgIpc) is 2.79. The number of aliphatic imine (C=N–C) groups is 1. The van der Waals surface area contributed by atoms with Crippen molar-refractivity contribution in [3.05, 3.63) is 29.3 Å². The predicted molar refractivity (Wildman–Crippen MR) is 73.7 cm³/mol. The van der Waals surface area contributed by atoms with Gasteiger partial charge < -0.3 is 10.1 Å². The highest BCUT2D eigenvalue weighted by atomic mass is 16.5. The summed E-state index contributed by atoms with van der Waals surface area (Å²) in [5.74, 6) is 2.13. The first kappa shape index (κ1) is 12.2. The molecule has 0 fully saturated rings. The number of amidine groups is 1. The van der Waals surface area contributed by atoms with Crippen molar-refractivity contribution in [1.29, 1.82) is 0 Å². The van der Waals surface area contributed by atoms with E-state index in [0.29, 0.717) is 12.0 Å². The number of methoxy groups -OCH3 is 1. The van der Waals surface area contributed by atoms with E-state index < -0.39 is 0 Å². The summed E-state index contributed by atoms with van der Waals surface area (Å²) in [5.41, 5.74) is 2.72. The van der Waals surface area contributed by atoms with Crippen LogP contribution in [0.5, 0.6) is 5.75 Å². The van der Waals surface area contributed by atoms with Gasteiger partial charge in [0.2, 0.25) is 5.91 Å². The van der Waals surface area contributed by atoms with Gasteiger partial charge in [-0.15, -0.1) is 0 Å². The summed E-state index contributed by atoms with van der Waals surface area (Å²) in [4.78, 5) is 15.8. The van der Waals surface area contributed by atoms with E-state index in [1.165, 1.54) is 18.1 Å². The molecule has 0 bridgehead atoms. The van der Waals surface area contributed by atoms with Crippen molar-refractivity contribution < 1.29 is 9.53 Å². The fourth-order valence-corrected chi connectivity index (χ4v) is 3.15. The molecule has 4 heteroatoms. The maximum absolute atomic E-state index is 11.1. The molecule has 0 aromatic heterocycles. The average molecular weight is 258 g/mol. The highest BCUT2D eigenvalue weighted by Gasteiger charge is 2.35. The second-order valence-electron chi connectivity index (χ2n) is 5.24. The van der Waals surface area contributed by atoms with Crippen molar-refractivity contribution in [2.24, 2.45) is 4.99 Å². The molecule has 100 valence electrons. The smallest absolute Gasteiger partial charge is 0.222 e. The highest BCUT2D eigenvalue weighted by Crippen LogP contribution is 2.40. The molecule has 1 aliphatic heterocycles. The summed E-state index contributed by atoms with van der Waals surface area (Å²) in [6, 6.07) is 6.61. The molecule has 1 heterocycles. The summed E-state index contributed by atoms with van der Waals surface area (Å²) >= 11 is 0. The summed E-state index contributed by atoms with van der Waals surface area (Å²) in [6.45, 7) is 1.53. The number of fused-ring (bicyclic) bond motifs is 3. The second-order valence-corrected chi connectivity index (χ2v) is 5.24. The van der Waals surface area contributed by atoms with Crippen molar-refractivity contribution in [3.8, 4) is 5.75 Å². The molecular formula is C15H18N2O2. The lowest BCUT2D eigenvalue weighted by Gasteiger charge is -2.27. The van der Waals surface area contributed by atoms with Gasteiger partial charge >= 0.3 is 0 Å². The van der Waals surface area contributed by atoms with Crippen molar-refractivity contribution in [1.82, 2.24) is 5.32 Å². The van der Waals surface area contributed by atoms with Gasteiger partial charge in [-0.25, -0.2) is 0 Å². The zero-order valence-electron chi connectivity index (χ0n) is 11.3. The van der Waals surface area contributed by atoms with Gasteiger partial charge in [-0.05, 0) is 36.1 Å². The van der Waals surface area contributed by atoms with Gasteiger partial charge in [0, 0.05) is 19.3 Å². The lowest BCUT2D eigenvalue weighted by molar-refractivity contribution is -0.117. The zero-order chi connectivity index (χ0) is 13.4. The number of rotatable bonds is 1. The van der Waals surface area contributed by atoms with E-state index in [1.54, 1.807) is 7.11 Å². The minimum absolute atomic E-state index is 0.0349. The van der Waals surface area contributed by atoms with Crippen LogP contribution in [0.3, 0.4) is 0 Å². The van der Waals surface area contributed by atoms with Gasteiger partial charge in [0.25, 0.3) is 0 Å². The number of amides is 1. The summed E-state index contributed by atoms with van der Waals surface area (Å²) in [6.07, 6.45) is 2.92. The van der Waals surface area contributed by atoms with Crippen LogP contribution in [-0.4, -0.2) is 24.9 Å². The van der Waals surface area contributed by atoms with E-state index in [4.69, 9.17) is 4.74 Å². The molecule has 0 spiro atoms. The zero-order valence-corrected chi connectivity index (χ0v) is 11.3. The van der Waals surface area contributed by atoms with Crippen LogP contribution < -0.4 is 10.1 Å². The first-order valence-corrected chi connectivity index (χ1v) is 6.68. The molecule has 2 atom stereocenters. The fourth-order valence-electron chi connectivity index (χ4n) is 3.15. The molecule has 0 radical (unpaired) electrons. The van der Waals surface area contributed by atoms with Gasteiger partial charge in [0.05, 0.1) is 13.2 Å². The van der Waals surface area contributed by atoms with Gasteiger partial charge in [-0.2, -0.15) is 0 Å². The molecule has 4 nitrogen and oxygen atoms in total. The van der Waals surface area contributed by atoms with Crippen LogP contribution in [-0.2, 0) is 11.2 Å². The molecule has 2 unspecified atom stereocenters. The molecule has 1 aromatic carbocycles. The number of nitrogens with one attached hydrogen (secondary N) is 1. The standard InChI is InChI=1S/C15H18N2O2/c1-9(18)16-15-8-13-12-5-4-11(19-2)7-10(12)3-6-14(13)17-15/h4-5,7,13-14H,3,6,8H2,1-2H3,(H,16,17,18). The quantitative estimate of drug-likeness (QED) is 0.838. The number of hydrogen-bond donors (Lipinski definition) is 1. The van der Waals surface area contributed by atoms with E-state index in [-0.39, 0.29) is 5.91 Å². The predicted octanol–water partition coefficient (Wildman–Crippen LogP) is 2.03. The number of nitrogens with zero attached hydrogens (tertiary/aromatic N) is 1. The monoisotopic (exact) mass is 258 g/mol. The van der Waals surface area contributed by atoms with Crippen molar-refractivity contribution in [2.45, 2.75) is 38.1 Å². The third kappa shape index (κ3) is 2.23.